The quantitative estimate of drug-likeness (QED) is 0.724. The van der Waals surface area contributed by atoms with Crippen LogP contribution in [0.2, 0.25) is 0 Å². The monoisotopic (exact) mass is 359 g/mol. The zero-order chi connectivity index (χ0) is 18.2. The van der Waals surface area contributed by atoms with Gasteiger partial charge in [-0.2, -0.15) is 5.10 Å². The number of anilines is 2. The number of hydrogen-bond acceptors (Lipinski definition) is 6. The molecule has 0 bridgehead atoms. The van der Waals surface area contributed by atoms with Crippen LogP contribution in [0.5, 0.6) is 0 Å². The molecule has 7 nitrogen and oxygen atoms in total. The second-order valence-corrected chi connectivity index (χ2v) is 5.98. The maximum atomic E-state index is 12.9. The van der Waals surface area contributed by atoms with Crippen LogP contribution in [-0.2, 0) is 16.0 Å². The fraction of sp³-hybridized carbons (Fsp3) is 0.389. The molecular weight excluding hydrogens is 337 g/mol. The third-order valence-corrected chi connectivity index (χ3v) is 4.05. The van der Waals surface area contributed by atoms with Gasteiger partial charge >= 0.3 is 0 Å². The molecule has 2 N–H and O–H groups in total. The number of amides is 1. The summed E-state index contributed by atoms with van der Waals surface area (Å²) in [6, 6.07) is 7.87. The van der Waals surface area contributed by atoms with Crippen molar-refractivity contribution in [2.75, 3.05) is 49.6 Å². The average Bonchev–Trinajstić information content (AvgIpc) is 2.68. The fourth-order valence-electron chi connectivity index (χ4n) is 2.68. The average molecular weight is 359 g/mol. The van der Waals surface area contributed by atoms with Crippen LogP contribution < -0.4 is 15.5 Å². The first-order valence-corrected chi connectivity index (χ1v) is 8.61. The Bertz CT molecular complexity index is 720. The molecule has 2 heterocycles. The van der Waals surface area contributed by atoms with Crippen molar-refractivity contribution in [2.45, 2.75) is 6.42 Å². The highest BCUT2D eigenvalue weighted by Crippen LogP contribution is 2.16. The van der Waals surface area contributed by atoms with Gasteiger partial charge < -0.3 is 20.3 Å². The van der Waals surface area contributed by atoms with Crippen LogP contribution in [-0.4, -0.2) is 55.5 Å². The highest BCUT2D eigenvalue weighted by Gasteiger charge is 2.12. The van der Waals surface area contributed by atoms with E-state index >= 15 is 0 Å². The smallest absolute Gasteiger partial charge is 0.224 e. The molecule has 1 aliphatic rings. The lowest BCUT2D eigenvalue weighted by Gasteiger charge is -2.28. The molecule has 0 radical (unpaired) electrons. The van der Waals surface area contributed by atoms with E-state index in [4.69, 9.17) is 4.74 Å². The first-order chi connectivity index (χ1) is 12.7. The molecule has 0 saturated carbocycles. The van der Waals surface area contributed by atoms with Gasteiger partial charge in [-0.15, -0.1) is 5.10 Å². The minimum absolute atomic E-state index is 0.105. The minimum Gasteiger partial charge on any atom is -0.378 e. The zero-order valence-electron chi connectivity index (χ0n) is 14.4. The van der Waals surface area contributed by atoms with Gasteiger partial charge in [0.05, 0.1) is 31.5 Å². The number of ether oxygens (including phenoxy) is 1. The van der Waals surface area contributed by atoms with E-state index in [-0.39, 0.29) is 18.1 Å². The van der Waals surface area contributed by atoms with Crippen molar-refractivity contribution >= 4 is 17.4 Å². The molecule has 8 heteroatoms. The summed E-state index contributed by atoms with van der Waals surface area (Å²) in [5.74, 6) is 0.257. The van der Waals surface area contributed by atoms with Gasteiger partial charge in [0.15, 0.2) is 5.82 Å². The second-order valence-electron chi connectivity index (χ2n) is 5.98. The number of rotatable bonds is 7. The molecule has 138 valence electrons. The SMILES string of the molecule is O=C(Cc1ccc(F)cc1)NCCNc1cc(N2CCOCC2)cnn1. The van der Waals surface area contributed by atoms with Crippen LogP contribution in [0.1, 0.15) is 5.56 Å². The lowest BCUT2D eigenvalue weighted by Crippen LogP contribution is -2.36. The number of aromatic nitrogens is 2. The highest BCUT2D eigenvalue weighted by molar-refractivity contribution is 5.78. The molecule has 0 atom stereocenters. The van der Waals surface area contributed by atoms with Crippen molar-refractivity contribution in [3.05, 3.63) is 47.9 Å². The molecule has 26 heavy (non-hydrogen) atoms. The van der Waals surface area contributed by atoms with E-state index in [9.17, 15) is 9.18 Å². The van der Waals surface area contributed by atoms with E-state index < -0.39 is 0 Å². The summed E-state index contributed by atoms with van der Waals surface area (Å²) in [6.07, 6.45) is 1.97. The molecule has 1 aromatic heterocycles. The Balaban J connectivity index is 1.40. The summed E-state index contributed by atoms with van der Waals surface area (Å²) >= 11 is 0. The number of nitrogens with one attached hydrogen (secondary N) is 2. The summed E-state index contributed by atoms with van der Waals surface area (Å²) in [5.41, 5.74) is 1.78. The van der Waals surface area contributed by atoms with Crippen LogP contribution in [0.15, 0.2) is 36.5 Å². The van der Waals surface area contributed by atoms with E-state index in [1.165, 1.54) is 12.1 Å². The van der Waals surface area contributed by atoms with E-state index in [2.05, 4.69) is 25.7 Å². The van der Waals surface area contributed by atoms with Crippen LogP contribution in [0.4, 0.5) is 15.9 Å². The van der Waals surface area contributed by atoms with E-state index in [1.807, 2.05) is 6.07 Å². The summed E-state index contributed by atoms with van der Waals surface area (Å²) in [7, 11) is 0. The van der Waals surface area contributed by atoms with Crippen LogP contribution in [0.25, 0.3) is 0 Å². The fourth-order valence-corrected chi connectivity index (χ4v) is 2.68. The van der Waals surface area contributed by atoms with Gasteiger partial charge in [-0.3, -0.25) is 4.79 Å². The summed E-state index contributed by atoms with van der Waals surface area (Å²) in [4.78, 5) is 14.1. The molecule has 2 aromatic rings. The molecular formula is C18H22FN5O2. The van der Waals surface area contributed by atoms with Crippen molar-refractivity contribution in [3.63, 3.8) is 0 Å². The molecule has 1 amide bonds. The van der Waals surface area contributed by atoms with Gasteiger partial charge in [-0.05, 0) is 17.7 Å². The Morgan fingerprint density at radius 2 is 1.96 bits per heavy atom. The Kier molecular flexibility index (Phi) is 6.32. The normalized spacial score (nSPS) is 14.1. The molecule has 0 unspecified atom stereocenters. The number of morpholine rings is 1. The van der Waals surface area contributed by atoms with E-state index in [0.29, 0.717) is 32.1 Å². The number of benzene rings is 1. The summed E-state index contributed by atoms with van der Waals surface area (Å²) in [5, 5.41) is 14.1. The van der Waals surface area contributed by atoms with Gasteiger partial charge in [-0.25, -0.2) is 4.39 Å². The third-order valence-electron chi connectivity index (χ3n) is 4.05. The predicted octanol–water partition coefficient (Wildman–Crippen LogP) is 1.22. The Morgan fingerprint density at radius 3 is 2.73 bits per heavy atom. The Labute approximate surface area is 151 Å². The number of nitrogens with zero attached hydrogens (tertiary/aromatic N) is 3. The standard InChI is InChI=1S/C18H22FN5O2/c19-15-3-1-14(2-4-15)11-18(25)21-6-5-20-17-12-16(13-22-23-17)24-7-9-26-10-8-24/h1-4,12-13H,5-11H2,(H,20,23)(H,21,25). The number of hydrogen-bond donors (Lipinski definition) is 2. The summed E-state index contributed by atoms with van der Waals surface area (Å²) < 4.78 is 18.2. The van der Waals surface area contributed by atoms with Crippen molar-refractivity contribution in [2.24, 2.45) is 0 Å². The maximum absolute atomic E-state index is 12.9. The largest absolute Gasteiger partial charge is 0.378 e. The van der Waals surface area contributed by atoms with Crippen molar-refractivity contribution in [1.29, 1.82) is 0 Å². The first kappa shape index (κ1) is 18.1. The van der Waals surface area contributed by atoms with Crippen LogP contribution >= 0.6 is 0 Å². The minimum atomic E-state index is -0.307. The van der Waals surface area contributed by atoms with Crippen LogP contribution in [0.3, 0.4) is 0 Å². The molecule has 0 spiro atoms. The van der Waals surface area contributed by atoms with Gasteiger partial charge in [0, 0.05) is 32.2 Å². The number of carbonyl (C=O) groups is 1. The van der Waals surface area contributed by atoms with Crippen molar-refractivity contribution in [3.8, 4) is 0 Å². The Morgan fingerprint density at radius 1 is 1.19 bits per heavy atom. The molecule has 3 rings (SSSR count). The Hall–Kier alpha value is -2.74. The maximum Gasteiger partial charge on any atom is 0.224 e. The van der Waals surface area contributed by atoms with Gasteiger partial charge in [0.2, 0.25) is 5.91 Å². The van der Waals surface area contributed by atoms with Crippen LogP contribution in [0, 0.1) is 5.82 Å². The molecule has 1 aliphatic heterocycles. The van der Waals surface area contributed by atoms with Gasteiger partial charge in [0.1, 0.15) is 5.82 Å². The predicted molar refractivity (Wildman–Crippen MR) is 96.7 cm³/mol. The van der Waals surface area contributed by atoms with E-state index in [1.54, 1.807) is 18.3 Å². The molecule has 1 fully saturated rings. The second kappa shape index (κ2) is 9.10. The summed E-state index contributed by atoms with van der Waals surface area (Å²) in [6.45, 7) is 4.10. The van der Waals surface area contributed by atoms with Crippen molar-refractivity contribution < 1.29 is 13.9 Å². The lowest BCUT2D eigenvalue weighted by atomic mass is 10.1. The topological polar surface area (TPSA) is 79.4 Å². The highest BCUT2D eigenvalue weighted by atomic mass is 19.1. The molecule has 1 aromatic carbocycles. The number of carbonyl (C=O) groups excluding carboxylic acids is 1. The lowest BCUT2D eigenvalue weighted by molar-refractivity contribution is -0.120. The van der Waals surface area contributed by atoms with Gasteiger partial charge in [0.25, 0.3) is 0 Å². The third kappa shape index (κ3) is 5.38. The zero-order valence-corrected chi connectivity index (χ0v) is 14.4. The van der Waals surface area contributed by atoms with E-state index in [0.717, 1.165) is 24.3 Å². The molecule has 0 aliphatic carbocycles. The first-order valence-electron chi connectivity index (χ1n) is 8.61. The number of halogens is 1. The van der Waals surface area contributed by atoms with Gasteiger partial charge in [-0.1, -0.05) is 12.1 Å². The van der Waals surface area contributed by atoms with Crippen molar-refractivity contribution in [1.82, 2.24) is 15.5 Å². The molecule has 1 saturated heterocycles.